The summed E-state index contributed by atoms with van der Waals surface area (Å²) in [6, 6.07) is 5.44. The summed E-state index contributed by atoms with van der Waals surface area (Å²) in [5.74, 6) is 0.173. The van der Waals surface area contributed by atoms with Crippen LogP contribution in [0, 0.1) is 0 Å². The smallest absolute Gasteiger partial charge is 0.184 e. The average molecular weight is 251 g/mol. The van der Waals surface area contributed by atoms with Crippen LogP contribution in [0.3, 0.4) is 0 Å². The lowest BCUT2D eigenvalue weighted by molar-refractivity contribution is 0.473. The molecule has 1 aromatic rings. The Morgan fingerprint density at radius 2 is 2.12 bits per heavy atom. The molecular weight excluding hydrogens is 234 g/mol. The van der Waals surface area contributed by atoms with Crippen LogP contribution in [0.4, 0.5) is 0 Å². The van der Waals surface area contributed by atoms with Crippen LogP contribution in [0.1, 0.15) is 31.9 Å². The van der Waals surface area contributed by atoms with E-state index in [1.54, 1.807) is 6.07 Å². The van der Waals surface area contributed by atoms with Gasteiger partial charge in [0.2, 0.25) is 0 Å². The summed E-state index contributed by atoms with van der Waals surface area (Å²) in [6.07, 6.45) is 1.49. The monoisotopic (exact) mass is 251 g/mol. The number of rotatable bonds is 2. The third-order valence-electron chi connectivity index (χ3n) is 2.27. The molecule has 5 heteroatoms. The predicted octanol–water partition coefficient (Wildman–Crippen LogP) is 1.86. The van der Waals surface area contributed by atoms with E-state index < -0.39 is 0 Å². The van der Waals surface area contributed by atoms with Crippen LogP contribution in [0.15, 0.2) is 23.3 Å². The Bertz CT molecular complexity index is 450. The molecule has 0 amide bonds. The van der Waals surface area contributed by atoms with E-state index in [1.165, 1.54) is 6.21 Å². The van der Waals surface area contributed by atoms with Gasteiger partial charge in [-0.3, -0.25) is 5.43 Å². The van der Waals surface area contributed by atoms with Crippen molar-refractivity contribution in [3.63, 3.8) is 0 Å². The highest BCUT2D eigenvalue weighted by atomic mass is 32.1. The zero-order valence-corrected chi connectivity index (χ0v) is 11.0. The zero-order chi connectivity index (χ0) is 13.1. The van der Waals surface area contributed by atoms with Crippen molar-refractivity contribution < 1.29 is 5.11 Å². The molecule has 0 aliphatic rings. The maximum Gasteiger partial charge on any atom is 0.184 e. The molecule has 4 N–H and O–H groups in total. The quantitative estimate of drug-likeness (QED) is 0.426. The van der Waals surface area contributed by atoms with E-state index in [1.807, 2.05) is 12.1 Å². The van der Waals surface area contributed by atoms with Crippen molar-refractivity contribution in [2.45, 2.75) is 26.2 Å². The van der Waals surface area contributed by atoms with E-state index in [0.29, 0.717) is 5.56 Å². The number of aromatic hydroxyl groups is 1. The van der Waals surface area contributed by atoms with Crippen molar-refractivity contribution in [3.8, 4) is 5.75 Å². The van der Waals surface area contributed by atoms with E-state index >= 15 is 0 Å². The van der Waals surface area contributed by atoms with Crippen molar-refractivity contribution >= 4 is 23.5 Å². The number of hydrogen-bond acceptors (Lipinski definition) is 3. The van der Waals surface area contributed by atoms with Crippen LogP contribution in [0.2, 0.25) is 0 Å². The lowest BCUT2D eigenvalue weighted by Crippen LogP contribution is -2.24. The molecule has 0 fully saturated rings. The Balaban J connectivity index is 2.99. The number of nitrogens with two attached hydrogens (primary N) is 1. The van der Waals surface area contributed by atoms with Gasteiger partial charge in [-0.05, 0) is 35.3 Å². The molecule has 1 aromatic carbocycles. The molecule has 0 saturated heterocycles. The van der Waals surface area contributed by atoms with Crippen LogP contribution < -0.4 is 11.2 Å². The van der Waals surface area contributed by atoms with Crippen molar-refractivity contribution in [3.05, 3.63) is 29.3 Å². The van der Waals surface area contributed by atoms with E-state index in [9.17, 15) is 5.11 Å². The average Bonchev–Trinajstić information content (AvgIpc) is 2.18. The summed E-state index contributed by atoms with van der Waals surface area (Å²) in [5.41, 5.74) is 9.45. The number of hydrazone groups is 1. The lowest BCUT2D eigenvalue weighted by atomic mass is 9.86. The summed E-state index contributed by atoms with van der Waals surface area (Å²) in [6.45, 7) is 6.31. The van der Waals surface area contributed by atoms with Crippen LogP contribution >= 0.6 is 12.2 Å². The van der Waals surface area contributed by atoms with Crippen molar-refractivity contribution in [1.29, 1.82) is 0 Å². The highest BCUT2D eigenvalue weighted by Crippen LogP contribution is 2.26. The molecule has 0 radical (unpaired) electrons. The minimum atomic E-state index is 0.0207. The molecule has 4 nitrogen and oxygen atoms in total. The van der Waals surface area contributed by atoms with E-state index in [4.69, 9.17) is 5.73 Å². The summed E-state index contributed by atoms with van der Waals surface area (Å²) in [5, 5.41) is 13.6. The summed E-state index contributed by atoms with van der Waals surface area (Å²) in [7, 11) is 0. The number of phenols is 1. The minimum Gasteiger partial charge on any atom is -0.507 e. The highest BCUT2D eigenvalue weighted by molar-refractivity contribution is 7.80. The Hall–Kier alpha value is -1.62. The number of benzene rings is 1. The Morgan fingerprint density at radius 1 is 1.47 bits per heavy atom. The second kappa shape index (κ2) is 5.14. The standard InChI is InChI=1S/C12H17N3OS/c1-12(2,3)9-4-5-10(16)8(6-9)7-14-15-11(13)17/h4-7,16H,1-3H3,(H3,13,15,17). The van der Waals surface area contributed by atoms with E-state index in [-0.39, 0.29) is 16.3 Å². The first-order valence-electron chi connectivity index (χ1n) is 5.22. The molecule has 0 unspecified atom stereocenters. The third kappa shape index (κ3) is 4.03. The number of thiocarbonyl (C=S) groups is 1. The molecule has 0 spiro atoms. The normalized spacial score (nSPS) is 11.7. The molecule has 92 valence electrons. The summed E-state index contributed by atoms with van der Waals surface area (Å²) >= 11 is 4.62. The van der Waals surface area contributed by atoms with Gasteiger partial charge in [0, 0.05) is 5.56 Å². The second-order valence-electron chi connectivity index (χ2n) is 4.76. The maximum atomic E-state index is 9.68. The Morgan fingerprint density at radius 3 is 2.65 bits per heavy atom. The first-order chi connectivity index (χ1) is 7.80. The number of phenolic OH excluding ortho intramolecular Hbond substituents is 1. The Labute approximate surface area is 107 Å². The number of hydrogen-bond donors (Lipinski definition) is 3. The molecule has 0 saturated carbocycles. The van der Waals surface area contributed by atoms with Crippen LogP contribution in [-0.4, -0.2) is 16.4 Å². The molecule has 0 bridgehead atoms. The van der Waals surface area contributed by atoms with E-state index in [2.05, 4.69) is 43.5 Å². The summed E-state index contributed by atoms with van der Waals surface area (Å²) < 4.78 is 0. The fraction of sp³-hybridized carbons (Fsp3) is 0.333. The Kier molecular flexibility index (Phi) is 4.07. The van der Waals surface area contributed by atoms with Gasteiger partial charge in [-0.25, -0.2) is 0 Å². The molecule has 1 rings (SSSR count). The predicted molar refractivity (Wildman–Crippen MR) is 74.3 cm³/mol. The van der Waals surface area contributed by atoms with E-state index in [0.717, 1.165) is 5.56 Å². The number of nitrogens with one attached hydrogen (secondary N) is 1. The first-order valence-corrected chi connectivity index (χ1v) is 5.63. The van der Waals surface area contributed by atoms with Gasteiger partial charge < -0.3 is 10.8 Å². The largest absolute Gasteiger partial charge is 0.507 e. The van der Waals surface area contributed by atoms with Gasteiger partial charge in [0.25, 0.3) is 0 Å². The van der Waals surface area contributed by atoms with Gasteiger partial charge in [-0.2, -0.15) is 5.10 Å². The highest BCUT2D eigenvalue weighted by Gasteiger charge is 2.14. The first kappa shape index (κ1) is 13.4. The van der Waals surface area contributed by atoms with Gasteiger partial charge in [0.15, 0.2) is 5.11 Å². The molecular formula is C12H17N3OS. The minimum absolute atomic E-state index is 0.0207. The fourth-order valence-electron chi connectivity index (χ4n) is 1.29. The van der Waals surface area contributed by atoms with Gasteiger partial charge in [0.1, 0.15) is 5.75 Å². The lowest BCUT2D eigenvalue weighted by Gasteiger charge is -2.19. The molecule has 0 heterocycles. The van der Waals surface area contributed by atoms with Crippen molar-refractivity contribution in [1.82, 2.24) is 5.43 Å². The van der Waals surface area contributed by atoms with Crippen LogP contribution in [0.5, 0.6) is 5.75 Å². The topological polar surface area (TPSA) is 70.6 Å². The van der Waals surface area contributed by atoms with Crippen molar-refractivity contribution in [2.75, 3.05) is 0 Å². The summed E-state index contributed by atoms with van der Waals surface area (Å²) in [4.78, 5) is 0. The molecule has 0 aliphatic heterocycles. The van der Waals surface area contributed by atoms with Gasteiger partial charge >= 0.3 is 0 Å². The molecule has 0 atom stereocenters. The van der Waals surface area contributed by atoms with Gasteiger partial charge in [0.05, 0.1) is 6.21 Å². The number of nitrogens with zero attached hydrogens (tertiary/aromatic N) is 1. The third-order valence-corrected chi connectivity index (χ3v) is 2.36. The molecule has 0 aromatic heterocycles. The maximum absolute atomic E-state index is 9.68. The van der Waals surface area contributed by atoms with Gasteiger partial charge in [-0.15, -0.1) is 0 Å². The molecule has 0 aliphatic carbocycles. The molecule has 17 heavy (non-hydrogen) atoms. The zero-order valence-electron chi connectivity index (χ0n) is 10.2. The van der Waals surface area contributed by atoms with Gasteiger partial charge in [-0.1, -0.05) is 26.8 Å². The van der Waals surface area contributed by atoms with Crippen molar-refractivity contribution in [2.24, 2.45) is 10.8 Å². The fourth-order valence-corrected chi connectivity index (χ4v) is 1.34. The van der Waals surface area contributed by atoms with Crippen LogP contribution in [-0.2, 0) is 5.41 Å². The SMILES string of the molecule is CC(C)(C)c1ccc(O)c(C=NNC(N)=S)c1. The second-order valence-corrected chi connectivity index (χ2v) is 5.20. The van der Waals surface area contributed by atoms with Crippen LogP contribution in [0.25, 0.3) is 0 Å².